The zero-order valence-corrected chi connectivity index (χ0v) is 10.2. The van der Waals surface area contributed by atoms with Crippen molar-refractivity contribution in [1.29, 1.82) is 0 Å². The average molecular weight is 261 g/mol. The van der Waals surface area contributed by atoms with Gasteiger partial charge in [-0.05, 0) is 30.7 Å². The van der Waals surface area contributed by atoms with Gasteiger partial charge in [0.25, 0.3) is 0 Å². The monoisotopic (exact) mass is 261 g/mol. The third-order valence-electron chi connectivity index (χ3n) is 2.48. The van der Waals surface area contributed by atoms with Gasteiger partial charge in [0, 0.05) is 6.07 Å². The van der Waals surface area contributed by atoms with Gasteiger partial charge in [0.05, 0.1) is 6.20 Å². The third kappa shape index (κ3) is 2.98. The minimum Gasteiger partial charge on any atom is -0.455 e. The molecule has 3 N–H and O–H groups in total. The molecule has 0 spiro atoms. The van der Waals surface area contributed by atoms with E-state index in [1.54, 1.807) is 18.2 Å². The summed E-state index contributed by atoms with van der Waals surface area (Å²) in [5.41, 5.74) is 6.52. The molecule has 2 aromatic rings. The van der Waals surface area contributed by atoms with E-state index in [0.29, 0.717) is 17.2 Å². The highest BCUT2D eigenvalue weighted by molar-refractivity contribution is 5.95. The summed E-state index contributed by atoms with van der Waals surface area (Å²) in [4.78, 5) is 3.96. The number of pyridine rings is 1. The first kappa shape index (κ1) is 12.8. The molecule has 0 aliphatic rings. The molecular weight excluding hydrogens is 249 g/mol. The number of oxime groups is 1. The van der Waals surface area contributed by atoms with Gasteiger partial charge >= 0.3 is 0 Å². The van der Waals surface area contributed by atoms with E-state index in [9.17, 15) is 4.39 Å². The molecule has 98 valence electrons. The number of amidine groups is 1. The van der Waals surface area contributed by atoms with Crippen molar-refractivity contribution in [2.24, 2.45) is 10.9 Å². The molecule has 2 rings (SSSR count). The molecular formula is C13H12FN3O2. The van der Waals surface area contributed by atoms with Crippen LogP contribution in [0.25, 0.3) is 0 Å². The Labute approximate surface area is 109 Å². The number of aromatic nitrogens is 1. The molecule has 0 aliphatic heterocycles. The standard InChI is InChI=1S/C13H12FN3O2/c1-8-2-3-9(14)6-12(8)19-10-4-5-11(16-7-10)13(15)17-18/h2-7,18H,1H3,(H2,15,17). The van der Waals surface area contributed by atoms with Crippen molar-refractivity contribution >= 4 is 5.84 Å². The molecule has 1 heterocycles. The third-order valence-corrected chi connectivity index (χ3v) is 2.48. The van der Waals surface area contributed by atoms with Crippen molar-refractivity contribution in [3.63, 3.8) is 0 Å². The molecule has 0 saturated carbocycles. The van der Waals surface area contributed by atoms with E-state index in [1.807, 2.05) is 6.92 Å². The van der Waals surface area contributed by atoms with E-state index >= 15 is 0 Å². The summed E-state index contributed by atoms with van der Waals surface area (Å²) in [7, 11) is 0. The van der Waals surface area contributed by atoms with Gasteiger partial charge < -0.3 is 15.7 Å². The van der Waals surface area contributed by atoms with Gasteiger partial charge in [0.2, 0.25) is 0 Å². The van der Waals surface area contributed by atoms with Crippen LogP contribution < -0.4 is 10.5 Å². The van der Waals surface area contributed by atoms with Gasteiger partial charge in [-0.15, -0.1) is 0 Å². The van der Waals surface area contributed by atoms with E-state index < -0.39 is 0 Å². The average Bonchev–Trinajstić information content (AvgIpc) is 2.43. The fraction of sp³-hybridized carbons (Fsp3) is 0.0769. The summed E-state index contributed by atoms with van der Waals surface area (Å²) < 4.78 is 18.6. The fourth-order valence-electron chi connectivity index (χ4n) is 1.45. The minimum atomic E-state index is -0.373. The smallest absolute Gasteiger partial charge is 0.188 e. The van der Waals surface area contributed by atoms with E-state index in [4.69, 9.17) is 15.7 Å². The van der Waals surface area contributed by atoms with Gasteiger partial charge in [0.1, 0.15) is 23.0 Å². The molecule has 1 aromatic carbocycles. The molecule has 0 bridgehead atoms. The lowest BCUT2D eigenvalue weighted by molar-refractivity contribution is 0.318. The molecule has 0 fully saturated rings. The van der Waals surface area contributed by atoms with Crippen LogP contribution in [-0.2, 0) is 0 Å². The highest BCUT2D eigenvalue weighted by Gasteiger charge is 2.05. The lowest BCUT2D eigenvalue weighted by atomic mass is 10.2. The van der Waals surface area contributed by atoms with E-state index in [-0.39, 0.29) is 11.7 Å². The minimum absolute atomic E-state index is 0.0894. The van der Waals surface area contributed by atoms with Gasteiger partial charge in [-0.1, -0.05) is 11.2 Å². The van der Waals surface area contributed by atoms with E-state index in [1.165, 1.54) is 18.3 Å². The lowest BCUT2D eigenvalue weighted by Gasteiger charge is -2.08. The lowest BCUT2D eigenvalue weighted by Crippen LogP contribution is -2.14. The largest absolute Gasteiger partial charge is 0.455 e. The van der Waals surface area contributed by atoms with Crippen molar-refractivity contribution in [1.82, 2.24) is 4.98 Å². The van der Waals surface area contributed by atoms with Crippen LogP contribution in [-0.4, -0.2) is 16.0 Å². The van der Waals surface area contributed by atoms with Crippen molar-refractivity contribution in [3.05, 3.63) is 53.6 Å². The highest BCUT2D eigenvalue weighted by atomic mass is 19.1. The first-order chi connectivity index (χ1) is 9.10. The molecule has 0 unspecified atom stereocenters. The first-order valence-electron chi connectivity index (χ1n) is 5.48. The van der Waals surface area contributed by atoms with E-state index in [2.05, 4.69) is 10.1 Å². The van der Waals surface area contributed by atoms with Crippen LogP contribution in [0.3, 0.4) is 0 Å². The molecule has 0 aliphatic carbocycles. The summed E-state index contributed by atoms with van der Waals surface area (Å²) in [5.74, 6) is 0.386. The highest BCUT2D eigenvalue weighted by Crippen LogP contribution is 2.25. The van der Waals surface area contributed by atoms with Crippen LogP contribution in [0.4, 0.5) is 4.39 Å². The summed E-state index contributed by atoms with van der Waals surface area (Å²) in [5, 5.41) is 11.3. The van der Waals surface area contributed by atoms with Crippen LogP contribution >= 0.6 is 0 Å². The quantitative estimate of drug-likeness (QED) is 0.385. The maximum absolute atomic E-state index is 13.1. The number of ether oxygens (including phenoxy) is 1. The molecule has 6 heteroatoms. The second-order valence-corrected chi connectivity index (χ2v) is 3.88. The Bertz CT molecular complexity index is 612. The van der Waals surface area contributed by atoms with Crippen molar-refractivity contribution < 1.29 is 14.3 Å². The number of aryl methyl sites for hydroxylation is 1. The second-order valence-electron chi connectivity index (χ2n) is 3.88. The van der Waals surface area contributed by atoms with Crippen molar-refractivity contribution in [2.75, 3.05) is 0 Å². The molecule has 0 saturated heterocycles. The Balaban J connectivity index is 2.22. The molecule has 19 heavy (non-hydrogen) atoms. The van der Waals surface area contributed by atoms with E-state index in [0.717, 1.165) is 5.56 Å². The van der Waals surface area contributed by atoms with Crippen molar-refractivity contribution in [2.45, 2.75) is 6.92 Å². The van der Waals surface area contributed by atoms with Gasteiger partial charge in [-0.25, -0.2) is 9.37 Å². The fourth-order valence-corrected chi connectivity index (χ4v) is 1.45. The molecule has 1 aromatic heterocycles. The number of nitrogens with zero attached hydrogens (tertiary/aromatic N) is 2. The number of rotatable bonds is 3. The number of hydrogen-bond acceptors (Lipinski definition) is 4. The van der Waals surface area contributed by atoms with Crippen LogP contribution in [0.1, 0.15) is 11.3 Å². The van der Waals surface area contributed by atoms with Crippen molar-refractivity contribution in [3.8, 4) is 11.5 Å². The molecule has 0 amide bonds. The SMILES string of the molecule is Cc1ccc(F)cc1Oc1ccc(/C(N)=N/O)nc1. The summed E-state index contributed by atoms with van der Waals surface area (Å²) >= 11 is 0. The number of nitrogens with two attached hydrogens (primary N) is 1. The topological polar surface area (TPSA) is 80.7 Å². The Hall–Kier alpha value is -2.63. The molecule has 5 nitrogen and oxygen atoms in total. The summed E-state index contributed by atoms with van der Waals surface area (Å²) in [6.45, 7) is 1.81. The van der Waals surface area contributed by atoms with Gasteiger partial charge in [0.15, 0.2) is 5.84 Å². The maximum Gasteiger partial charge on any atom is 0.188 e. The summed E-state index contributed by atoms with van der Waals surface area (Å²) in [6.07, 6.45) is 1.41. The Morgan fingerprint density at radius 1 is 1.37 bits per heavy atom. The maximum atomic E-state index is 13.1. The Morgan fingerprint density at radius 3 is 2.79 bits per heavy atom. The predicted octanol–water partition coefficient (Wildman–Crippen LogP) is 2.42. The zero-order valence-electron chi connectivity index (χ0n) is 10.2. The molecule has 0 radical (unpaired) electrons. The Kier molecular flexibility index (Phi) is 3.61. The number of benzene rings is 1. The zero-order chi connectivity index (χ0) is 13.8. The van der Waals surface area contributed by atoms with Gasteiger partial charge in [-0.2, -0.15) is 0 Å². The van der Waals surface area contributed by atoms with Crippen LogP contribution in [0.5, 0.6) is 11.5 Å². The predicted molar refractivity (Wildman–Crippen MR) is 68.0 cm³/mol. The Morgan fingerprint density at radius 2 is 2.16 bits per heavy atom. The van der Waals surface area contributed by atoms with Crippen LogP contribution in [0.2, 0.25) is 0 Å². The van der Waals surface area contributed by atoms with Crippen LogP contribution in [0, 0.1) is 12.7 Å². The second kappa shape index (κ2) is 5.34. The summed E-state index contributed by atoms with van der Waals surface area (Å²) in [6, 6.07) is 7.43. The van der Waals surface area contributed by atoms with Crippen LogP contribution in [0.15, 0.2) is 41.7 Å². The number of halogens is 1. The number of hydrogen-bond donors (Lipinski definition) is 2. The van der Waals surface area contributed by atoms with Gasteiger partial charge in [-0.3, -0.25) is 0 Å². The molecule has 0 atom stereocenters. The normalized spacial score (nSPS) is 11.4. The first-order valence-corrected chi connectivity index (χ1v) is 5.48.